The molecule has 0 atom stereocenters. The molecule has 0 unspecified atom stereocenters. The van der Waals surface area contributed by atoms with Gasteiger partial charge in [0.1, 0.15) is 10.7 Å². The summed E-state index contributed by atoms with van der Waals surface area (Å²) in [6.07, 6.45) is 7.45. The summed E-state index contributed by atoms with van der Waals surface area (Å²) in [5, 5.41) is 7.86. The summed E-state index contributed by atoms with van der Waals surface area (Å²) in [6, 6.07) is 7.47. The van der Waals surface area contributed by atoms with E-state index in [1.165, 1.54) is 11.3 Å². The maximum absolute atomic E-state index is 13.2. The molecule has 158 valence electrons. The minimum Gasteiger partial charge on any atom is -0.319 e. The van der Waals surface area contributed by atoms with Crippen molar-refractivity contribution in [3.63, 3.8) is 0 Å². The normalized spacial score (nSPS) is 13.7. The average molecular weight is 498 g/mol. The van der Waals surface area contributed by atoms with Crippen LogP contribution in [0.5, 0.6) is 0 Å². The highest BCUT2D eigenvalue weighted by atomic mass is 79.9. The monoisotopic (exact) mass is 497 g/mol. The van der Waals surface area contributed by atoms with Gasteiger partial charge in [-0.2, -0.15) is 5.10 Å². The maximum atomic E-state index is 13.2. The number of fused-ring (bicyclic) bond motifs is 2. The van der Waals surface area contributed by atoms with E-state index in [1.807, 2.05) is 37.4 Å². The molecule has 0 spiro atoms. The Labute approximate surface area is 190 Å². The first-order valence-corrected chi connectivity index (χ1v) is 11.8. The van der Waals surface area contributed by atoms with Crippen LogP contribution >= 0.6 is 27.3 Å². The molecule has 7 nitrogen and oxygen atoms in total. The van der Waals surface area contributed by atoms with Gasteiger partial charge in [-0.05, 0) is 53.4 Å². The first-order chi connectivity index (χ1) is 15.0. The molecular weight excluding hydrogens is 478 g/mol. The topological polar surface area (TPSA) is 81.8 Å². The molecule has 9 heteroatoms. The highest BCUT2D eigenvalue weighted by Gasteiger charge is 2.23. The second kappa shape index (κ2) is 8.05. The largest absolute Gasteiger partial charge is 0.319 e. The van der Waals surface area contributed by atoms with Crippen LogP contribution in [-0.4, -0.2) is 25.2 Å². The smallest absolute Gasteiger partial charge is 0.266 e. The number of carbonyl (C=O) groups is 1. The van der Waals surface area contributed by atoms with Crippen molar-refractivity contribution in [3.05, 3.63) is 67.8 Å². The SMILES string of the molecule is Cc1c(C(=O)Nc2ccccc2-n2cc(Br)cn2)sc2nc3n(c(=O)c12)CCCCC3. The summed E-state index contributed by atoms with van der Waals surface area (Å²) >= 11 is 4.69. The molecule has 1 aromatic carbocycles. The van der Waals surface area contributed by atoms with Gasteiger partial charge in [0.2, 0.25) is 0 Å². The van der Waals surface area contributed by atoms with Crippen LogP contribution in [0, 0.1) is 6.92 Å². The molecule has 1 aliphatic rings. The van der Waals surface area contributed by atoms with E-state index in [0.29, 0.717) is 32.9 Å². The van der Waals surface area contributed by atoms with E-state index in [0.717, 1.165) is 41.7 Å². The van der Waals surface area contributed by atoms with Crippen LogP contribution in [0.2, 0.25) is 0 Å². The second-order valence-corrected chi connectivity index (χ2v) is 9.52. The van der Waals surface area contributed by atoms with E-state index in [4.69, 9.17) is 4.98 Å². The third kappa shape index (κ3) is 3.61. The van der Waals surface area contributed by atoms with Crippen LogP contribution in [0.15, 0.2) is 45.9 Å². The minimum atomic E-state index is -0.251. The number of nitrogens with zero attached hydrogens (tertiary/aromatic N) is 4. The van der Waals surface area contributed by atoms with Crippen molar-refractivity contribution < 1.29 is 4.79 Å². The van der Waals surface area contributed by atoms with E-state index < -0.39 is 0 Å². The van der Waals surface area contributed by atoms with Crippen molar-refractivity contribution in [2.45, 2.75) is 39.2 Å². The standard InChI is InChI=1S/C22H20BrN5O2S/c1-13-18-21(26-17-9-3-2-6-10-27(17)22(18)30)31-19(13)20(29)25-15-7-4-5-8-16(15)28-12-14(23)11-24-28/h4-5,7-8,11-12H,2-3,6,9-10H2,1H3,(H,25,29). The number of halogens is 1. The average Bonchev–Trinajstić information content (AvgIpc) is 3.23. The summed E-state index contributed by atoms with van der Waals surface area (Å²) in [4.78, 5) is 32.3. The Bertz CT molecular complexity index is 1370. The van der Waals surface area contributed by atoms with E-state index in [1.54, 1.807) is 15.4 Å². The third-order valence-corrected chi connectivity index (χ3v) is 7.16. The number of amides is 1. The molecule has 4 heterocycles. The number of aryl methyl sites for hydroxylation is 2. The summed E-state index contributed by atoms with van der Waals surface area (Å²) in [5.41, 5.74) is 2.05. The van der Waals surface area contributed by atoms with E-state index in [9.17, 15) is 9.59 Å². The van der Waals surface area contributed by atoms with Crippen molar-refractivity contribution >= 4 is 49.1 Å². The van der Waals surface area contributed by atoms with Crippen LogP contribution in [-0.2, 0) is 13.0 Å². The van der Waals surface area contributed by atoms with Gasteiger partial charge in [-0.25, -0.2) is 9.67 Å². The Morgan fingerprint density at radius 3 is 2.87 bits per heavy atom. The van der Waals surface area contributed by atoms with Crippen molar-refractivity contribution in [1.29, 1.82) is 0 Å². The zero-order valence-corrected chi connectivity index (χ0v) is 19.3. The molecule has 5 rings (SSSR count). The predicted octanol–water partition coefficient (Wildman–Crippen LogP) is 4.69. The maximum Gasteiger partial charge on any atom is 0.266 e. The quantitative estimate of drug-likeness (QED) is 0.444. The number of carbonyl (C=O) groups excluding carboxylic acids is 1. The van der Waals surface area contributed by atoms with Gasteiger partial charge < -0.3 is 5.32 Å². The molecule has 4 aromatic rings. The van der Waals surface area contributed by atoms with Gasteiger partial charge in [0, 0.05) is 19.2 Å². The van der Waals surface area contributed by atoms with Gasteiger partial charge >= 0.3 is 0 Å². The summed E-state index contributed by atoms with van der Waals surface area (Å²) < 4.78 is 4.34. The van der Waals surface area contributed by atoms with Gasteiger partial charge in [-0.15, -0.1) is 11.3 Å². The molecule has 0 saturated heterocycles. The van der Waals surface area contributed by atoms with Gasteiger partial charge in [0.15, 0.2) is 0 Å². The number of anilines is 1. The molecule has 3 aromatic heterocycles. The van der Waals surface area contributed by atoms with Gasteiger partial charge in [0.25, 0.3) is 11.5 Å². The van der Waals surface area contributed by atoms with Gasteiger partial charge in [0.05, 0.1) is 32.3 Å². The summed E-state index contributed by atoms with van der Waals surface area (Å²) in [6.45, 7) is 2.53. The number of thiophene rings is 1. The third-order valence-electron chi connectivity index (χ3n) is 5.57. The molecule has 1 aliphatic heterocycles. The zero-order chi connectivity index (χ0) is 21.5. The first kappa shape index (κ1) is 20.1. The number of aromatic nitrogens is 4. The minimum absolute atomic E-state index is 0.0310. The Balaban J connectivity index is 1.54. The van der Waals surface area contributed by atoms with Crippen molar-refractivity contribution in [1.82, 2.24) is 19.3 Å². The molecule has 31 heavy (non-hydrogen) atoms. The van der Waals surface area contributed by atoms with Gasteiger partial charge in [-0.1, -0.05) is 18.6 Å². The van der Waals surface area contributed by atoms with Crippen LogP contribution in [0.1, 0.15) is 40.3 Å². The first-order valence-electron chi connectivity index (χ1n) is 10.2. The molecule has 1 amide bonds. The zero-order valence-electron chi connectivity index (χ0n) is 16.9. The molecular formula is C22H20BrN5O2S. The van der Waals surface area contributed by atoms with Crippen LogP contribution < -0.4 is 10.9 Å². The van der Waals surface area contributed by atoms with Crippen LogP contribution in [0.4, 0.5) is 5.69 Å². The van der Waals surface area contributed by atoms with Crippen molar-refractivity contribution in [2.75, 3.05) is 5.32 Å². The Hall–Kier alpha value is -2.78. The van der Waals surface area contributed by atoms with E-state index in [-0.39, 0.29) is 11.5 Å². The van der Waals surface area contributed by atoms with Gasteiger partial charge in [-0.3, -0.25) is 14.2 Å². The number of nitrogens with one attached hydrogen (secondary N) is 1. The molecule has 1 N–H and O–H groups in total. The Morgan fingerprint density at radius 1 is 1.23 bits per heavy atom. The molecule has 0 fully saturated rings. The second-order valence-electron chi connectivity index (χ2n) is 7.61. The van der Waals surface area contributed by atoms with Crippen LogP contribution in [0.25, 0.3) is 15.9 Å². The van der Waals surface area contributed by atoms with Crippen molar-refractivity contribution in [2.24, 2.45) is 0 Å². The predicted molar refractivity (Wildman–Crippen MR) is 125 cm³/mol. The van der Waals surface area contributed by atoms with Crippen molar-refractivity contribution in [3.8, 4) is 5.69 Å². The number of hydrogen-bond donors (Lipinski definition) is 1. The molecule has 0 radical (unpaired) electrons. The molecule has 0 aliphatic carbocycles. The fraction of sp³-hybridized carbons (Fsp3) is 0.273. The molecule has 0 bridgehead atoms. The number of hydrogen-bond acceptors (Lipinski definition) is 5. The fourth-order valence-electron chi connectivity index (χ4n) is 4.02. The number of rotatable bonds is 3. The highest BCUT2D eigenvalue weighted by molar-refractivity contribution is 9.10. The summed E-state index contributed by atoms with van der Waals surface area (Å²) in [7, 11) is 0. The number of benzene rings is 1. The van der Waals surface area contributed by atoms with Crippen LogP contribution in [0.3, 0.4) is 0 Å². The Kier molecular flexibility index (Phi) is 5.23. The summed E-state index contributed by atoms with van der Waals surface area (Å²) in [5.74, 6) is 0.580. The lowest BCUT2D eigenvalue weighted by Gasteiger charge is -2.10. The molecule has 0 saturated carbocycles. The fourth-order valence-corrected chi connectivity index (χ4v) is 5.39. The lowest BCUT2D eigenvalue weighted by molar-refractivity contribution is 0.103. The number of para-hydroxylation sites is 2. The lowest BCUT2D eigenvalue weighted by atomic mass is 10.2. The Morgan fingerprint density at radius 2 is 2.06 bits per heavy atom. The van der Waals surface area contributed by atoms with E-state index in [2.05, 4.69) is 26.3 Å². The lowest BCUT2D eigenvalue weighted by Crippen LogP contribution is -2.24. The van der Waals surface area contributed by atoms with E-state index >= 15 is 0 Å². The highest BCUT2D eigenvalue weighted by Crippen LogP contribution is 2.30.